The van der Waals surface area contributed by atoms with Gasteiger partial charge in [-0.05, 0) is 37.6 Å². The van der Waals surface area contributed by atoms with Crippen LogP contribution in [0.25, 0.3) is 17.2 Å². The van der Waals surface area contributed by atoms with Crippen molar-refractivity contribution < 1.29 is 17.2 Å². The van der Waals surface area contributed by atoms with Gasteiger partial charge < -0.3 is 0 Å². The lowest BCUT2D eigenvalue weighted by molar-refractivity contribution is 0.564. The van der Waals surface area contributed by atoms with Gasteiger partial charge in [-0.15, -0.1) is 10.2 Å². The summed E-state index contributed by atoms with van der Waals surface area (Å²) in [5.41, 5.74) is 0.553. The summed E-state index contributed by atoms with van der Waals surface area (Å²) in [5, 5.41) is 11.0. The van der Waals surface area contributed by atoms with Gasteiger partial charge in [-0.2, -0.15) is 5.10 Å². The van der Waals surface area contributed by atoms with Crippen LogP contribution in [0.3, 0.4) is 0 Å². The third kappa shape index (κ3) is 4.38. The number of benzene rings is 1. The summed E-state index contributed by atoms with van der Waals surface area (Å²) in [4.78, 5) is 8.42. The van der Waals surface area contributed by atoms with Gasteiger partial charge in [0.05, 0.1) is 5.25 Å². The van der Waals surface area contributed by atoms with Crippen LogP contribution in [-0.2, 0) is 17.1 Å². The molecule has 178 valence electrons. The summed E-state index contributed by atoms with van der Waals surface area (Å²) in [5.74, 6) is -2.51. The monoisotopic (exact) mass is 488 g/mol. The van der Waals surface area contributed by atoms with Crippen molar-refractivity contribution in [2.24, 2.45) is 7.05 Å². The molecule has 1 aromatic carbocycles. The van der Waals surface area contributed by atoms with E-state index in [2.05, 4.69) is 30.0 Å². The van der Waals surface area contributed by atoms with Gasteiger partial charge in [0, 0.05) is 31.6 Å². The molecule has 0 spiro atoms. The molecule has 3 heterocycles. The maximum Gasteiger partial charge on any atom is 0.243 e. The minimum atomic E-state index is -4.11. The molecule has 4 aromatic rings. The first-order valence-electron chi connectivity index (χ1n) is 10.3. The van der Waals surface area contributed by atoms with Crippen molar-refractivity contribution in [2.75, 3.05) is 4.72 Å². The topological polar surface area (TPSA) is 120 Å². The van der Waals surface area contributed by atoms with E-state index in [9.17, 15) is 17.2 Å². The Bertz CT molecular complexity index is 1410. The molecule has 4 rings (SSSR count). The second-order valence-electron chi connectivity index (χ2n) is 7.89. The van der Waals surface area contributed by atoms with Crippen LogP contribution in [0.1, 0.15) is 31.2 Å². The fourth-order valence-electron chi connectivity index (χ4n) is 3.30. The molecule has 34 heavy (non-hydrogen) atoms. The van der Waals surface area contributed by atoms with Crippen molar-refractivity contribution in [3.8, 4) is 17.2 Å². The third-order valence-corrected chi connectivity index (χ3v) is 7.26. The second-order valence-corrected chi connectivity index (χ2v) is 9.92. The van der Waals surface area contributed by atoms with Crippen LogP contribution in [0, 0.1) is 18.6 Å². The molecule has 1 N–H and O–H groups in total. The first kappa shape index (κ1) is 23.4. The highest BCUT2D eigenvalue weighted by Gasteiger charge is 2.32. The first-order chi connectivity index (χ1) is 16.1. The number of rotatable bonds is 7. The zero-order chi connectivity index (χ0) is 24.6. The van der Waals surface area contributed by atoms with Crippen LogP contribution in [-0.4, -0.2) is 48.2 Å². The molecule has 0 aliphatic rings. The minimum Gasteiger partial charge on any atom is -0.275 e. The van der Waals surface area contributed by atoms with E-state index in [1.54, 1.807) is 38.6 Å². The third-order valence-electron chi connectivity index (χ3n) is 5.40. The van der Waals surface area contributed by atoms with E-state index in [4.69, 9.17) is 0 Å². The molecule has 0 aliphatic carbocycles. The number of sulfonamides is 1. The number of aromatic nitrogens is 7. The highest BCUT2D eigenvalue weighted by molar-refractivity contribution is 7.93. The van der Waals surface area contributed by atoms with E-state index in [0.29, 0.717) is 5.82 Å². The van der Waals surface area contributed by atoms with Gasteiger partial charge in [0.25, 0.3) is 0 Å². The number of hydrogen-bond acceptors (Lipinski definition) is 7. The summed E-state index contributed by atoms with van der Waals surface area (Å²) in [6.07, 6.45) is 4.81. The molecular weight excluding hydrogens is 466 g/mol. The zero-order valence-electron chi connectivity index (χ0n) is 18.8. The Kier molecular flexibility index (Phi) is 6.13. The van der Waals surface area contributed by atoms with E-state index in [1.807, 2.05) is 6.92 Å². The number of anilines is 1. The highest BCUT2D eigenvalue weighted by atomic mass is 32.2. The van der Waals surface area contributed by atoms with Crippen LogP contribution in [0.15, 0.2) is 42.9 Å². The summed E-state index contributed by atoms with van der Waals surface area (Å²) >= 11 is 0. The summed E-state index contributed by atoms with van der Waals surface area (Å²) in [6, 6.07) is 4.88. The maximum absolute atomic E-state index is 14.7. The van der Waals surface area contributed by atoms with Crippen LogP contribution < -0.4 is 4.72 Å². The molecule has 10 nitrogen and oxygen atoms in total. The average molecular weight is 489 g/mol. The van der Waals surface area contributed by atoms with Gasteiger partial charge >= 0.3 is 0 Å². The Morgan fingerprint density at radius 3 is 2.26 bits per heavy atom. The molecule has 2 atom stereocenters. The molecular formula is C21H22F2N8O2S. The summed E-state index contributed by atoms with van der Waals surface area (Å²) in [7, 11) is -2.45. The number of hydrogen-bond donors (Lipinski definition) is 1. The van der Waals surface area contributed by atoms with E-state index in [-0.39, 0.29) is 17.5 Å². The van der Waals surface area contributed by atoms with Gasteiger partial charge in [-0.1, -0.05) is 13.0 Å². The van der Waals surface area contributed by atoms with Gasteiger partial charge in [0.2, 0.25) is 16.0 Å². The van der Waals surface area contributed by atoms with Crippen molar-refractivity contribution in [3.05, 3.63) is 65.9 Å². The van der Waals surface area contributed by atoms with E-state index >= 15 is 0 Å². The molecule has 0 aliphatic heterocycles. The number of halogens is 2. The van der Waals surface area contributed by atoms with Crippen molar-refractivity contribution in [1.82, 2.24) is 34.5 Å². The lowest BCUT2D eigenvalue weighted by Gasteiger charge is -2.20. The first-order valence-corrected chi connectivity index (χ1v) is 11.8. The Morgan fingerprint density at radius 2 is 1.68 bits per heavy atom. The van der Waals surface area contributed by atoms with Crippen LogP contribution in [0.5, 0.6) is 0 Å². The van der Waals surface area contributed by atoms with Crippen molar-refractivity contribution in [3.63, 3.8) is 0 Å². The van der Waals surface area contributed by atoms with Gasteiger partial charge in [-0.25, -0.2) is 27.2 Å². The Hall–Kier alpha value is -3.74. The summed E-state index contributed by atoms with van der Waals surface area (Å²) in [6.45, 7) is 4.99. The minimum absolute atomic E-state index is 0.0372. The number of nitrogens with zero attached hydrogens (tertiary/aromatic N) is 7. The normalized spacial score (nSPS) is 13.6. The molecule has 13 heteroatoms. The van der Waals surface area contributed by atoms with Gasteiger partial charge in [0.15, 0.2) is 5.82 Å². The SMILES string of the molecule is Cc1cnc(C(C)C(C)S(=O)(=O)Nc2nnc(-c3ccn(C)n3)n2-c2c(F)cccc2F)nc1. The largest absolute Gasteiger partial charge is 0.275 e. The maximum atomic E-state index is 14.7. The number of nitrogens with one attached hydrogen (secondary N) is 1. The molecule has 3 aromatic heterocycles. The van der Waals surface area contributed by atoms with Gasteiger partial charge in [0.1, 0.15) is 28.8 Å². The standard InChI is InChI=1S/C21H22F2N8O2S/c1-12-10-24-19(25-11-12)13(2)14(3)34(32,33)29-21-27-26-20(17-8-9-30(4)28-17)31(21)18-15(22)6-5-7-16(18)23/h5-11,13-14H,1-4H3,(H,27,29). The predicted molar refractivity (Wildman–Crippen MR) is 121 cm³/mol. The van der Waals surface area contributed by atoms with E-state index in [1.165, 1.54) is 17.7 Å². The Morgan fingerprint density at radius 1 is 1.03 bits per heavy atom. The van der Waals surface area contributed by atoms with Crippen LogP contribution >= 0.6 is 0 Å². The fraction of sp³-hybridized carbons (Fsp3) is 0.286. The lowest BCUT2D eigenvalue weighted by atomic mass is 10.1. The number of para-hydroxylation sites is 1. The van der Waals surface area contributed by atoms with E-state index in [0.717, 1.165) is 22.3 Å². The lowest BCUT2D eigenvalue weighted by Crippen LogP contribution is -2.31. The molecule has 0 fully saturated rings. The second kappa shape index (κ2) is 8.89. The highest BCUT2D eigenvalue weighted by Crippen LogP contribution is 2.30. The number of aryl methyl sites for hydroxylation is 2. The molecule has 0 saturated carbocycles. The molecule has 0 bridgehead atoms. The van der Waals surface area contributed by atoms with Crippen molar-refractivity contribution in [1.29, 1.82) is 0 Å². The van der Waals surface area contributed by atoms with Crippen molar-refractivity contribution >= 4 is 16.0 Å². The Balaban J connectivity index is 1.77. The predicted octanol–water partition coefficient (Wildman–Crippen LogP) is 2.98. The Labute approximate surface area is 194 Å². The average Bonchev–Trinajstić information content (AvgIpc) is 3.39. The smallest absolute Gasteiger partial charge is 0.243 e. The zero-order valence-corrected chi connectivity index (χ0v) is 19.6. The van der Waals surface area contributed by atoms with Crippen LogP contribution in [0.4, 0.5) is 14.7 Å². The van der Waals surface area contributed by atoms with E-state index < -0.39 is 38.5 Å². The molecule has 0 radical (unpaired) electrons. The molecule has 2 unspecified atom stereocenters. The fourth-order valence-corrected chi connectivity index (χ4v) is 4.53. The van der Waals surface area contributed by atoms with Crippen molar-refractivity contribution in [2.45, 2.75) is 31.9 Å². The van der Waals surface area contributed by atoms with Crippen LogP contribution in [0.2, 0.25) is 0 Å². The summed E-state index contributed by atoms with van der Waals surface area (Å²) < 4.78 is 60.7. The van der Waals surface area contributed by atoms with Gasteiger partial charge in [-0.3, -0.25) is 14.0 Å². The molecule has 0 amide bonds. The quantitative estimate of drug-likeness (QED) is 0.425. The molecule has 0 saturated heterocycles.